The predicted molar refractivity (Wildman–Crippen MR) is 87.4 cm³/mol. The smallest absolute Gasteiger partial charge is 0.125 e. The van der Waals surface area contributed by atoms with Gasteiger partial charge in [0, 0.05) is 5.56 Å². The third-order valence-electron chi connectivity index (χ3n) is 3.25. The monoisotopic (exact) mass is 279 g/mol. The lowest BCUT2D eigenvalue weighted by atomic mass is 10.1. The van der Waals surface area contributed by atoms with Crippen LogP contribution >= 0.6 is 0 Å². The highest BCUT2D eigenvalue weighted by Crippen LogP contribution is 2.25. The van der Waals surface area contributed by atoms with Crippen LogP contribution in [-0.4, -0.2) is 6.54 Å². The van der Waals surface area contributed by atoms with Gasteiger partial charge in [0.25, 0.3) is 0 Å². The number of hydrogen-bond donors (Lipinski definition) is 1. The Balaban J connectivity index is 2.13. The highest BCUT2D eigenvalue weighted by atomic mass is 16.5. The number of ether oxygens (including phenoxy) is 1. The van der Waals surface area contributed by atoms with E-state index in [-0.39, 0.29) is 0 Å². The van der Waals surface area contributed by atoms with E-state index in [2.05, 4.69) is 44.7 Å². The normalized spacial score (nSPS) is 9.90. The lowest BCUT2D eigenvalue weighted by Crippen LogP contribution is -2.00. The second kappa shape index (κ2) is 6.97. The van der Waals surface area contributed by atoms with Crippen molar-refractivity contribution in [1.82, 2.24) is 0 Å². The molecule has 0 heterocycles. The van der Waals surface area contributed by atoms with Crippen LogP contribution in [0.2, 0.25) is 0 Å². The second-order valence-corrected chi connectivity index (χ2v) is 5.22. The summed E-state index contributed by atoms with van der Waals surface area (Å²) in [6.07, 6.45) is 0. The van der Waals surface area contributed by atoms with Crippen molar-refractivity contribution < 1.29 is 4.74 Å². The Morgan fingerprint density at radius 1 is 1.05 bits per heavy atom. The molecule has 0 aliphatic carbocycles. The molecule has 2 nitrogen and oxygen atoms in total. The number of rotatable bonds is 3. The van der Waals surface area contributed by atoms with Gasteiger partial charge in [-0.05, 0) is 49.6 Å². The van der Waals surface area contributed by atoms with E-state index >= 15 is 0 Å². The Morgan fingerprint density at radius 3 is 2.43 bits per heavy atom. The van der Waals surface area contributed by atoms with Crippen LogP contribution in [0.1, 0.15) is 27.8 Å². The molecular formula is C19H21NO. The summed E-state index contributed by atoms with van der Waals surface area (Å²) in [6.45, 7) is 7.19. The Labute approximate surface area is 126 Å². The van der Waals surface area contributed by atoms with Gasteiger partial charge in [0.15, 0.2) is 0 Å². The number of hydrogen-bond acceptors (Lipinski definition) is 2. The average molecular weight is 279 g/mol. The quantitative estimate of drug-likeness (QED) is 0.873. The van der Waals surface area contributed by atoms with E-state index in [1.807, 2.05) is 24.3 Å². The Bertz CT molecular complexity index is 669. The molecule has 21 heavy (non-hydrogen) atoms. The number of aryl methyl sites for hydroxylation is 3. The molecule has 2 N–H and O–H groups in total. The second-order valence-electron chi connectivity index (χ2n) is 5.22. The van der Waals surface area contributed by atoms with Crippen LogP contribution in [0.15, 0.2) is 36.4 Å². The van der Waals surface area contributed by atoms with Gasteiger partial charge in [-0.3, -0.25) is 0 Å². The lowest BCUT2D eigenvalue weighted by Gasteiger charge is -2.13. The maximum atomic E-state index is 6.00. The molecule has 0 unspecified atom stereocenters. The van der Waals surface area contributed by atoms with Gasteiger partial charge in [0.1, 0.15) is 12.4 Å². The van der Waals surface area contributed by atoms with Crippen LogP contribution in [0.5, 0.6) is 5.75 Å². The summed E-state index contributed by atoms with van der Waals surface area (Å²) in [5.41, 5.74) is 11.1. The van der Waals surface area contributed by atoms with E-state index in [0.29, 0.717) is 13.2 Å². The van der Waals surface area contributed by atoms with Crippen LogP contribution in [-0.2, 0) is 6.61 Å². The zero-order chi connectivity index (χ0) is 15.2. The molecule has 0 radical (unpaired) electrons. The van der Waals surface area contributed by atoms with Crippen molar-refractivity contribution >= 4 is 0 Å². The fourth-order valence-corrected chi connectivity index (χ4v) is 2.44. The minimum absolute atomic E-state index is 0.377. The van der Waals surface area contributed by atoms with Gasteiger partial charge < -0.3 is 10.5 Å². The van der Waals surface area contributed by atoms with Crippen molar-refractivity contribution in [3.63, 3.8) is 0 Å². The molecule has 0 bridgehead atoms. The van der Waals surface area contributed by atoms with Crippen LogP contribution in [0, 0.1) is 32.6 Å². The molecule has 0 amide bonds. The van der Waals surface area contributed by atoms with Crippen LogP contribution < -0.4 is 10.5 Å². The Kier molecular flexibility index (Phi) is 5.03. The van der Waals surface area contributed by atoms with Gasteiger partial charge in [-0.25, -0.2) is 0 Å². The van der Waals surface area contributed by atoms with Crippen LogP contribution in [0.25, 0.3) is 0 Å². The fraction of sp³-hybridized carbons (Fsp3) is 0.263. The lowest BCUT2D eigenvalue weighted by molar-refractivity contribution is 0.302. The first-order chi connectivity index (χ1) is 10.1. The first-order valence-corrected chi connectivity index (χ1v) is 7.08. The highest BCUT2D eigenvalue weighted by Gasteiger charge is 2.05. The van der Waals surface area contributed by atoms with E-state index in [0.717, 1.165) is 16.9 Å². The predicted octanol–water partition coefficient (Wildman–Crippen LogP) is 3.50. The minimum Gasteiger partial charge on any atom is -0.488 e. The standard InChI is InChI=1S/C19H21NO/c1-14-10-15(2)19(16(3)11-14)21-13-18-7-4-6-17(12-18)8-5-9-20/h4,6-7,10-12H,9,13,20H2,1-3H3. The Hall–Kier alpha value is -2.24. The topological polar surface area (TPSA) is 35.2 Å². The van der Waals surface area contributed by atoms with E-state index < -0.39 is 0 Å². The zero-order valence-electron chi connectivity index (χ0n) is 12.9. The van der Waals surface area contributed by atoms with Crippen molar-refractivity contribution in [2.75, 3.05) is 6.54 Å². The van der Waals surface area contributed by atoms with Crippen molar-refractivity contribution in [2.45, 2.75) is 27.4 Å². The van der Waals surface area contributed by atoms with Crippen LogP contribution in [0.3, 0.4) is 0 Å². The van der Waals surface area contributed by atoms with E-state index in [4.69, 9.17) is 10.5 Å². The van der Waals surface area contributed by atoms with Crippen molar-refractivity contribution in [2.24, 2.45) is 5.73 Å². The molecular weight excluding hydrogens is 258 g/mol. The summed E-state index contributed by atoms with van der Waals surface area (Å²) in [7, 11) is 0. The van der Waals surface area contributed by atoms with Gasteiger partial charge in [0.05, 0.1) is 6.54 Å². The van der Waals surface area contributed by atoms with Gasteiger partial charge in [-0.2, -0.15) is 0 Å². The molecule has 0 aromatic heterocycles. The van der Waals surface area contributed by atoms with Crippen molar-refractivity contribution in [3.8, 4) is 17.6 Å². The fourth-order valence-electron chi connectivity index (χ4n) is 2.44. The average Bonchev–Trinajstić information content (AvgIpc) is 2.44. The molecule has 2 aromatic carbocycles. The number of benzene rings is 2. The summed E-state index contributed by atoms with van der Waals surface area (Å²) in [5.74, 6) is 6.88. The van der Waals surface area contributed by atoms with Gasteiger partial charge in [0.2, 0.25) is 0 Å². The van der Waals surface area contributed by atoms with Gasteiger partial charge in [-0.1, -0.05) is 41.7 Å². The molecule has 2 aromatic rings. The number of nitrogens with two attached hydrogens (primary N) is 1. The van der Waals surface area contributed by atoms with E-state index in [1.54, 1.807) is 0 Å². The summed E-state index contributed by atoms with van der Waals surface area (Å²) in [6, 6.07) is 12.4. The van der Waals surface area contributed by atoms with Gasteiger partial charge in [-0.15, -0.1) is 0 Å². The summed E-state index contributed by atoms with van der Waals surface area (Å²) < 4.78 is 6.00. The maximum absolute atomic E-state index is 6.00. The SMILES string of the molecule is Cc1cc(C)c(OCc2cccc(C#CCN)c2)c(C)c1. The van der Waals surface area contributed by atoms with E-state index in [1.165, 1.54) is 16.7 Å². The third kappa shape index (κ3) is 4.11. The molecule has 0 atom stereocenters. The molecule has 0 spiro atoms. The zero-order valence-corrected chi connectivity index (χ0v) is 12.9. The summed E-state index contributed by atoms with van der Waals surface area (Å²) in [5, 5.41) is 0. The molecule has 0 saturated carbocycles. The molecule has 0 aliphatic heterocycles. The summed E-state index contributed by atoms with van der Waals surface area (Å²) >= 11 is 0. The highest BCUT2D eigenvalue weighted by molar-refractivity contribution is 5.43. The van der Waals surface area contributed by atoms with Crippen LogP contribution in [0.4, 0.5) is 0 Å². The third-order valence-corrected chi connectivity index (χ3v) is 3.25. The largest absolute Gasteiger partial charge is 0.488 e. The molecule has 0 fully saturated rings. The van der Waals surface area contributed by atoms with Crippen molar-refractivity contribution in [3.05, 3.63) is 64.2 Å². The van der Waals surface area contributed by atoms with Gasteiger partial charge >= 0.3 is 0 Å². The Morgan fingerprint density at radius 2 is 1.76 bits per heavy atom. The summed E-state index contributed by atoms with van der Waals surface area (Å²) in [4.78, 5) is 0. The van der Waals surface area contributed by atoms with Crippen molar-refractivity contribution in [1.29, 1.82) is 0 Å². The molecule has 108 valence electrons. The maximum Gasteiger partial charge on any atom is 0.125 e. The van der Waals surface area contributed by atoms with E-state index in [9.17, 15) is 0 Å². The molecule has 2 heteroatoms. The first-order valence-electron chi connectivity index (χ1n) is 7.08. The molecule has 0 aliphatic rings. The minimum atomic E-state index is 0.377. The molecule has 0 saturated heterocycles. The first kappa shape index (κ1) is 15.2. The molecule has 2 rings (SSSR count).